The Morgan fingerprint density at radius 3 is 2.19 bits per heavy atom. The van der Waals surface area contributed by atoms with E-state index in [9.17, 15) is 10.5 Å². The van der Waals surface area contributed by atoms with E-state index in [2.05, 4.69) is 10.4 Å². The van der Waals surface area contributed by atoms with Crippen molar-refractivity contribution in [3.05, 3.63) is 90.0 Å². The number of methoxy groups -OCH3 is 1. The molecule has 0 spiro atoms. The van der Waals surface area contributed by atoms with E-state index in [1.165, 1.54) is 0 Å². The average molecular weight is 420 g/mol. The van der Waals surface area contributed by atoms with Crippen LogP contribution in [0.15, 0.2) is 89.3 Å². The van der Waals surface area contributed by atoms with Gasteiger partial charge in [-0.3, -0.25) is 0 Å². The van der Waals surface area contributed by atoms with Crippen LogP contribution in [0.4, 0.5) is 5.69 Å². The molecule has 0 saturated carbocycles. The van der Waals surface area contributed by atoms with E-state index in [1.54, 1.807) is 61.7 Å². The summed E-state index contributed by atoms with van der Waals surface area (Å²) in [6.45, 7) is 0. The quantitative estimate of drug-likeness (QED) is 0.263. The third-order valence-corrected chi connectivity index (χ3v) is 4.69. The smallest absolute Gasteiger partial charge is 0.160 e. The average Bonchev–Trinajstić information content (AvgIpc) is 2.85. The molecule has 0 fully saturated rings. The molecule has 0 bridgehead atoms. The maximum atomic E-state index is 9.46. The van der Waals surface area contributed by atoms with Crippen LogP contribution in [0.5, 0.6) is 23.0 Å². The molecule has 7 nitrogen and oxygen atoms in total. The SMILES string of the molecule is COc1ccc(ON=Nc2ccc(Oc3cccc(C#N)c3C#N)c3ccccc23)cc1. The second-order valence-electron chi connectivity index (χ2n) is 6.58. The van der Waals surface area contributed by atoms with Crippen LogP contribution >= 0.6 is 0 Å². The molecule has 4 aromatic carbocycles. The maximum Gasteiger partial charge on any atom is 0.160 e. The fraction of sp³-hybridized carbons (Fsp3) is 0.0400. The van der Waals surface area contributed by atoms with Gasteiger partial charge in [-0.1, -0.05) is 30.3 Å². The molecular formula is C25H16N4O3. The van der Waals surface area contributed by atoms with E-state index < -0.39 is 0 Å². The zero-order valence-corrected chi connectivity index (χ0v) is 17.0. The first kappa shape index (κ1) is 20.4. The lowest BCUT2D eigenvalue weighted by atomic mass is 10.1. The Balaban J connectivity index is 1.63. The zero-order valence-electron chi connectivity index (χ0n) is 17.0. The van der Waals surface area contributed by atoms with Gasteiger partial charge in [-0.25, -0.2) is 0 Å². The van der Waals surface area contributed by atoms with E-state index in [4.69, 9.17) is 14.3 Å². The van der Waals surface area contributed by atoms with E-state index in [-0.39, 0.29) is 11.1 Å². The summed E-state index contributed by atoms with van der Waals surface area (Å²) in [5.74, 6) is 2.09. The van der Waals surface area contributed by atoms with Crippen molar-refractivity contribution < 1.29 is 14.3 Å². The number of nitriles is 2. The zero-order chi connectivity index (χ0) is 22.3. The van der Waals surface area contributed by atoms with Gasteiger partial charge in [-0.15, -0.1) is 5.11 Å². The molecule has 0 heterocycles. The summed E-state index contributed by atoms with van der Waals surface area (Å²) in [4.78, 5) is 5.34. The van der Waals surface area contributed by atoms with Crippen LogP contribution in [0.3, 0.4) is 0 Å². The lowest BCUT2D eigenvalue weighted by Crippen LogP contribution is -1.92. The van der Waals surface area contributed by atoms with E-state index in [1.807, 2.05) is 36.4 Å². The van der Waals surface area contributed by atoms with Gasteiger partial charge >= 0.3 is 0 Å². The molecule has 7 heteroatoms. The molecule has 0 saturated heterocycles. The topological polar surface area (TPSA) is 100.0 Å². The summed E-state index contributed by atoms with van der Waals surface area (Å²) in [6, 6.07) is 27.0. The summed E-state index contributed by atoms with van der Waals surface area (Å²) in [6.07, 6.45) is 0. The Kier molecular flexibility index (Phi) is 5.92. The third-order valence-electron chi connectivity index (χ3n) is 4.69. The molecule has 0 aromatic heterocycles. The number of ether oxygens (including phenoxy) is 2. The summed E-state index contributed by atoms with van der Waals surface area (Å²) >= 11 is 0. The number of rotatable bonds is 6. The van der Waals surface area contributed by atoms with E-state index in [0.717, 1.165) is 16.5 Å². The van der Waals surface area contributed by atoms with Gasteiger partial charge in [-0.05, 0) is 48.5 Å². The van der Waals surface area contributed by atoms with E-state index in [0.29, 0.717) is 22.9 Å². The number of hydrogen-bond acceptors (Lipinski definition) is 7. The van der Waals surface area contributed by atoms with E-state index >= 15 is 0 Å². The standard InChI is InChI=1S/C25H16N4O3/c1-30-18-9-11-19(12-10-18)32-29-28-23-13-14-25(21-7-3-2-6-20(21)23)31-24-8-4-5-17(15-26)22(24)16-27/h2-14H,1H3. The molecule has 0 atom stereocenters. The minimum absolute atomic E-state index is 0.190. The van der Waals surface area contributed by atoms with Gasteiger partial charge in [0.1, 0.15) is 35.0 Å². The summed E-state index contributed by atoms with van der Waals surface area (Å²) in [7, 11) is 1.59. The van der Waals surface area contributed by atoms with Crippen LogP contribution in [-0.2, 0) is 0 Å². The predicted octanol–water partition coefficient (Wildman–Crippen LogP) is 6.46. The number of fused-ring (bicyclic) bond motifs is 1. The van der Waals surface area contributed by atoms with Crippen molar-refractivity contribution in [2.75, 3.05) is 7.11 Å². The van der Waals surface area contributed by atoms with Crippen LogP contribution in [0, 0.1) is 22.7 Å². The molecule has 0 aliphatic carbocycles. The van der Waals surface area contributed by atoms with Crippen LogP contribution in [0.2, 0.25) is 0 Å². The van der Waals surface area contributed by atoms with Crippen molar-refractivity contribution in [3.8, 4) is 35.1 Å². The molecule has 0 N–H and O–H groups in total. The lowest BCUT2D eigenvalue weighted by molar-refractivity contribution is 0.312. The maximum absolute atomic E-state index is 9.46. The van der Waals surface area contributed by atoms with Crippen molar-refractivity contribution in [1.82, 2.24) is 0 Å². The molecule has 4 aromatic rings. The monoisotopic (exact) mass is 420 g/mol. The highest BCUT2D eigenvalue weighted by molar-refractivity contribution is 5.96. The minimum atomic E-state index is 0.190. The third kappa shape index (κ3) is 4.18. The Morgan fingerprint density at radius 1 is 0.719 bits per heavy atom. The van der Waals surface area contributed by atoms with Crippen LogP contribution in [0.25, 0.3) is 10.8 Å². The van der Waals surface area contributed by atoms with Gasteiger partial charge in [0.05, 0.1) is 18.4 Å². The minimum Gasteiger partial charge on any atom is -0.497 e. The lowest BCUT2D eigenvalue weighted by Gasteiger charge is -2.11. The van der Waals surface area contributed by atoms with Gasteiger partial charge < -0.3 is 14.3 Å². The summed E-state index contributed by atoms with van der Waals surface area (Å²) in [5.41, 5.74) is 1.04. The largest absolute Gasteiger partial charge is 0.497 e. The Morgan fingerprint density at radius 2 is 1.47 bits per heavy atom. The molecule has 0 amide bonds. The number of nitrogens with zero attached hydrogens (tertiary/aromatic N) is 4. The van der Waals surface area contributed by atoms with Crippen molar-refractivity contribution in [2.45, 2.75) is 0 Å². The molecule has 0 radical (unpaired) electrons. The summed E-state index contributed by atoms with van der Waals surface area (Å²) < 4.78 is 11.1. The van der Waals surface area contributed by atoms with Gasteiger partial charge in [-0.2, -0.15) is 10.5 Å². The van der Waals surface area contributed by atoms with Crippen LogP contribution < -0.4 is 14.3 Å². The predicted molar refractivity (Wildman–Crippen MR) is 118 cm³/mol. The van der Waals surface area contributed by atoms with Crippen molar-refractivity contribution in [3.63, 3.8) is 0 Å². The van der Waals surface area contributed by atoms with Crippen molar-refractivity contribution >= 4 is 16.5 Å². The first-order chi connectivity index (χ1) is 15.7. The number of hydrogen-bond donors (Lipinski definition) is 0. The van der Waals surface area contributed by atoms with Crippen LogP contribution in [-0.4, -0.2) is 7.11 Å². The molecule has 32 heavy (non-hydrogen) atoms. The fourth-order valence-corrected chi connectivity index (χ4v) is 3.12. The van der Waals surface area contributed by atoms with Crippen molar-refractivity contribution in [1.29, 1.82) is 10.5 Å². The molecule has 0 aliphatic rings. The molecule has 154 valence electrons. The fourth-order valence-electron chi connectivity index (χ4n) is 3.12. The van der Waals surface area contributed by atoms with Gasteiger partial charge in [0.15, 0.2) is 5.75 Å². The highest BCUT2D eigenvalue weighted by Gasteiger charge is 2.13. The number of benzene rings is 4. The van der Waals surface area contributed by atoms with Crippen LogP contribution in [0.1, 0.15) is 11.1 Å². The Hall–Kier alpha value is -4.88. The Bertz CT molecular complexity index is 1380. The van der Waals surface area contributed by atoms with Gasteiger partial charge in [0, 0.05) is 16.1 Å². The molecule has 4 rings (SSSR count). The second-order valence-corrected chi connectivity index (χ2v) is 6.58. The van der Waals surface area contributed by atoms with Gasteiger partial charge in [0.25, 0.3) is 0 Å². The first-order valence-electron chi connectivity index (χ1n) is 9.58. The Labute approximate surface area is 184 Å². The normalized spacial score (nSPS) is 10.5. The molecular weight excluding hydrogens is 404 g/mol. The summed E-state index contributed by atoms with van der Waals surface area (Å²) in [5, 5.41) is 28.3. The van der Waals surface area contributed by atoms with Crippen molar-refractivity contribution in [2.24, 2.45) is 10.4 Å². The molecule has 0 unspecified atom stereocenters. The van der Waals surface area contributed by atoms with Gasteiger partial charge in [0.2, 0.25) is 0 Å². The first-order valence-corrected chi connectivity index (χ1v) is 9.58. The molecule has 0 aliphatic heterocycles. The second kappa shape index (κ2) is 9.29. The highest BCUT2D eigenvalue weighted by Crippen LogP contribution is 2.37. The highest BCUT2D eigenvalue weighted by atomic mass is 16.6.